The molecule has 11 heteroatoms. The summed E-state index contributed by atoms with van der Waals surface area (Å²) >= 11 is 3.98. The van der Waals surface area contributed by atoms with Crippen LogP contribution < -0.4 is 10.5 Å². The largest absolute Gasteiger partial charge is 0.382 e. The van der Waals surface area contributed by atoms with Crippen LogP contribution >= 0.6 is 34.4 Å². The molecular weight excluding hydrogens is 559 g/mol. The zero-order chi connectivity index (χ0) is 22.9. The molecule has 0 fully saturated rings. The van der Waals surface area contributed by atoms with E-state index < -0.39 is 10.0 Å². The Morgan fingerprint density at radius 2 is 2.00 bits per heavy atom. The van der Waals surface area contributed by atoms with Crippen LogP contribution in [0, 0.1) is 9.49 Å². The van der Waals surface area contributed by atoms with Crippen molar-refractivity contribution in [3.63, 3.8) is 0 Å². The first-order chi connectivity index (χ1) is 15.2. The van der Waals surface area contributed by atoms with Gasteiger partial charge in [0.2, 0.25) is 10.0 Å². The lowest BCUT2D eigenvalue weighted by Gasteiger charge is -2.12. The van der Waals surface area contributed by atoms with Crippen molar-refractivity contribution in [2.45, 2.75) is 56.1 Å². The number of benzene rings is 1. The van der Waals surface area contributed by atoms with Crippen molar-refractivity contribution >= 4 is 61.4 Å². The molecule has 0 aliphatic heterocycles. The Morgan fingerprint density at radius 1 is 1.25 bits per heavy atom. The van der Waals surface area contributed by atoms with E-state index in [2.05, 4.69) is 49.4 Å². The molecule has 0 saturated heterocycles. The van der Waals surface area contributed by atoms with Crippen LogP contribution in [0.3, 0.4) is 0 Å². The number of nitrogens with zero attached hydrogens (tertiary/aromatic N) is 4. The number of nitrogens with one attached hydrogen (secondary N) is 1. The second kappa shape index (κ2) is 9.82. The topological polar surface area (TPSA) is 116 Å². The van der Waals surface area contributed by atoms with Gasteiger partial charge in [0.15, 0.2) is 22.1 Å². The van der Waals surface area contributed by atoms with Gasteiger partial charge < -0.3 is 10.3 Å². The number of hydrogen-bond donors (Lipinski definition) is 2. The average Bonchev–Trinajstić information content (AvgIpc) is 3.29. The molecule has 1 aliphatic rings. The van der Waals surface area contributed by atoms with Crippen LogP contribution in [0.1, 0.15) is 37.8 Å². The smallest absolute Gasteiger partial charge is 0.211 e. The van der Waals surface area contributed by atoms with E-state index in [1.807, 2.05) is 18.4 Å². The van der Waals surface area contributed by atoms with Gasteiger partial charge in [-0.3, -0.25) is 0 Å². The predicted molar refractivity (Wildman–Crippen MR) is 136 cm³/mol. The van der Waals surface area contributed by atoms with Gasteiger partial charge >= 0.3 is 0 Å². The number of anilines is 1. The summed E-state index contributed by atoms with van der Waals surface area (Å²) in [5.74, 6) is 0.558. The molecule has 0 unspecified atom stereocenters. The summed E-state index contributed by atoms with van der Waals surface area (Å²) < 4.78 is 30.2. The molecule has 1 aliphatic carbocycles. The van der Waals surface area contributed by atoms with Crippen LogP contribution in [0.2, 0.25) is 0 Å². The first kappa shape index (κ1) is 23.7. The molecule has 172 valence electrons. The van der Waals surface area contributed by atoms with E-state index in [4.69, 9.17) is 10.7 Å². The van der Waals surface area contributed by atoms with E-state index in [1.54, 1.807) is 11.8 Å². The Balaban J connectivity index is 1.57. The fraction of sp³-hybridized carbons (Fsp3) is 0.476. The molecule has 4 rings (SSSR count). The average molecular weight is 587 g/mol. The first-order valence-corrected chi connectivity index (χ1v) is 14.2. The van der Waals surface area contributed by atoms with E-state index in [0.29, 0.717) is 36.5 Å². The van der Waals surface area contributed by atoms with E-state index in [-0.39, 0.29) is 11.7 Å². The second-order valence-corrected chi connectivity index (χ2v) is 12.4. The van der Waals surface area contributed by atoms with Crippen LogP contribution in [0.5, 0.6) is 0 Å². The van der Waals surface area contributed by atoms with Gasteiger partial charge in [0, 0.05) is 21.6 Å². The third kappa shape index (κ3) is 5.37. The van der Waals surface area contributed by atoms with E-state index in [1.165, 1.54) is 27.4 Å². The third-order valence-electron chi connectivity index (χ3n) is 5.31. The van der Waals surface area contributed by atoms with Gasteiger partial charge in [-0.1, -0.05) is 25.6 Å². The maximum atomic E-state index is 12.1. The van der Waals surface area contributed by atoms with Crippen LogP contribution in [0.15, 0.2) is 28.5 Å². The Kier molecular flexibility index (Phi) is 7.27. The minimum Gasteiger partial charge on any atom is -0.382 e. The Hall–Kier alpha value is -1.44. The highest BCUT2D eigenvalue weighted by atomic mass is 127. The lowest BCUT2D eigenvalue weighted by molar-refractivity contribution is 0.554. The number of nitrogen functional groups attached to an aromatic ring is 1. The van der Waals surface area contributed by atoms with Crippen molar-refractivity contribution in [1.29, 1.82) is 0 Å². The summed E-state index contributed by atoms with van der Waals surface area (Å²) in [7, 11) is -3.27. The lowest BCUT2D eigenvalue weighted by Crippen LogP contribution is -2.29. The summed E-state index contributed by atoms with van der Waals surface area (Å²) in [6.07, 6.45) is 5.52. The van der Waals surface area contributed by atoms with Crippen LogP contribution in [0.25, 0.3) is 11.2 Å². The number of aromatic nitrogens is 4. The first-order valence-electron chi connectivity index (χ1n) is 10.7. The molecule has 3 aromatic rings. The standard InChI is InChI=1S/C21H27IN6O2S2/c1-13(2)11-32(29,30)26-7-4-8-28-20-18(19(23)24-12-25-20)27-21(28)31-17-10-15-6-3-5-14(15)9-16(17)22/h9-10,12-13,26H,3-8,11H2,1-2H3,(H2,23,24,25). The van der Waals surface area contributed by atoms with Gasteiger partial charge in [0.1, 0.15) is 6.33 Å². The van der Waals surface area contributed by atoms with Gasteiger partial charge in [-0.15, -0.1) is 0 Å². The number of imidazole rings is 1. The highest BCUT2D eigenvalue weighted by Crippen LogP contribution is 2.37. The van der Waals surface area contributed by atoms with Crippen molar-refractivity contribution in [3.05, 3.63) is 33.2 Å². The number of sulfonamides is 1. The fourth-order valence-corrected chi connectivity index (χ4v) is 7.22. The van der Waals surface area contributed by atoms with Crippen LogP contribution in [-0.4, -0.2) is 40.2 Å². The molecular formula is C21H27IN6O2S2. The number of aryl methyl sites for hydroxylation is 3. The van der Waals surface area contributed by atoms with Gasteiger partial charge in [0.25, 0.3) is 0 Å². The van der Waals surface area contributed by atoms with Crippen molar-refractivity contribution < 1.29 is 8.42 Å². The zero-order valence-electron chi connectivity index (χ0n) is 18.1. The van der Waals surface area contributed by atoms with Crippen molar-refractivity contribution in [2.75, 3.05) is 18.0 Å². The van der Waals surface area contributed by atoms with E-state index >= 15 is 0 Å². The molecule has 32 heavy (non-hydrogen) atoms. The Bertz CT molecular complexity index is 1240. The van der Waals surface area contributed by atoms with Crippen LogP contribution in [-0.2, 0) is 29.4 Å². The molecule has 0 bridgehead atoms. The Labute approximate surface area is 206 Å². The highest BCUT2D eigenvalue weighted by Gasteiger charge is 2.20. The van der Waals surface area contributed by atoms with Crippen molar-refractivity contribution in [3.8, 4) is 0 Å². The lowest BCUT2D eigenvalue weighted by atomic mass is 10.1. The number of nitrogens with two attached hydrogens (primary N) is 1. The molecule has 0 saturated carbocycles. The monoisotopic (exact) mass is 586 g/mol. The normalized spacial score (nSPS) is 13.9. The van der Waals surface area contributed by atoms with Gasteiger partial charge in [-0.25, -0.2) is 28.1 Å². The molecule has 0 atom stereocenters. The second-order valence-electron chi connectivity index (χ2n) is 8.41. The van der Waals surface area contributed by atoms with E-state index in [9.17, 15) is 8.42 Å². The SMILES string of the molecule is CC(C)CS(=O)(=O)NCCCn1c(Sc2cc3c(cc2I)CCC3)nc2c(N)ncnc21. The number of rotatable bonds is 9. The summed E-state index contributed by atoms with van der Waals surface area (Å²) in [6, 6.07) is 4.55. The number of hydrogen-bond acceptors (Lipinski definition) is 7. The molecule has 3 N–H and O–H groups in total. The number of fused-ring (bicyclic) bond motifs is 2. The molecule has 0 spiro atoms. The molecule has 1 aromatic carbocycles. The summed E-state index contributed by atoms with van der Waals surface area (Å²) in [5, 5.41) is 0.785. The van der Waals surface area contributed by atoms with Crippen LogP contribution in [0.4, 0.5) is 5.82 Å². The predicted octanol–water partition coefficient (Wildman–Crippen LogP) is 3.62. The molecule has 0 radical (unpaired) electrons. The van der Waals surface area contributed by atoms with Gasteiger partial charge in [0.05, 0.1) is 5.75 Å². The van der Waals surface area contributed by atoms with Crippen molar-refractivity contribution in [1.82, 2.24) is 24.2 Å². The molecule has 2 heterocycles. The molecule has 2 aromatic heterocycles. The summed E-state index contributed by atoms with van der Waals surface area (Å²) in [5.41, 5.74) is 10.2. The van der Waals surface area contributed by atoms with Gasteiger partial charge in [-0.05, 0) is 77.5 Å². The maximum Gasteiger partial charge on any atom is 0.211 e. The minimum absolute atomic E-state index is 0.0857. The zero-order valence-corrected chi connectivity index (χ0v) is 21.9. The highest BCUT2D eigenvalue weighted by molar-refractivity contribution is 14.1. The maximum absolute atomic E-state index is 12.1. The Morgan fingerprint density at radius 3 is 2.75 bits per heavy atom. The molecule has 0 amide bonds. The minimum atomic E-state index is -3.27. The molecule has 8 nitrogen and oxygen atoms in total. The quantitative estimate of drug-likeness (QED) is 0.291. The van der Waals surface area contributed by atoms with E-state index in [0.717, 1.165) is 22.9 Å². The van der Waals surface area contributed by atoms with Gasteiger partial charge in [-0.2, -0.15) is 0 Å². The third-order valence-corrected chi connectivity index (χ3v) is 9.37. The number of halogens is 1. The summed E-state index contributed by atoms with van der Waals surface area (Å²) in [6.45, 7) is 4.71. The fourth-order valence-electron chi connectivity index (χ4n) is 3.92. The summed E-state index contributed by atoms with van der Waals surface area (Å²) in [4.78, 5) is 14.4. The van der Waals surface area contributed by atoms with Crippen molar-refractivity contribution in [2.24, 2.45) is 5.92 Å².